The highest BCUT2D eigenvalue weighted by molar-refractivity contribution is 5.43. The fraction of sp³-hybridized carbons (Fsp3) is 0.143. The van der Waals surface area contributed by atoms with Gasteiger partial charge in [0.25, 0.3) is 0 Å². The van der Waals surface area contributed by atoms with E-state index in [0.29, 0.717) is 24.4 Å². The third-order valence-corrected chi connectivity index (χ3v) is 2.59. The third kappa shape index (κ3) is 2.34. The largest absolute Gasteiger partial charge is 0.512 e. The third-order valence-electron chi connectivity index (χ3n) is 2.59. The molecule has 0 radical (unpaired) electrons. The van der Waals surface area contributed by atoms with E-state index in [1.165, 1.54) is 0 Å². The van der Waals surface area contributed by atoms with Crippen LogP contribution in [0.25, 0.3) is 0 Å². The van der Waals surface area contributed by atoms with Crippen molar-refractivity contribution in [1.82, 2.24) is 0 Å². The maximum absolute atomic E-state index is 9.75. The summed E-state index contributed by atoms with van der Waals surface area (Å²) in [4.78, 5) is 0. The van der Waals surface area contributed by atoms with Crippen molar-refractivity contribution in [3.05, 3.63) is 71.3 Å². The van der Waals surface area contributed by atoms with Crippen molar-refractivity contribution in [3.63, 3.8) is 0 Å². The van der Waals surface area contributed by atoms with Crippen molar-refractivity contribution in [2.24, 2.45) is 0 Å². The van der Waals surface area contributed by atoms with Gasteiger partial charge in [0.15, 0.2) is 0 Å². The van der Waals surface area contributed by atoms with Gasteiger partial charge in [0.1, 0.15) is 0 Å². The Balaban J connectivity index is 1.98. The fourth-order valence-electron chi connectivity index (χ4n) is 1.66. The molecule has 82 valence electrons. The molecule has 16 heavy (non-hydrogen) atoms. The smallest absolute Gasteiger partial charge is 0.0999 e. The van der Waals surface area contributed by atoms with Gasteiger partial charge in [0.05, 0.1) is 11.5 Å². The van der Waals surface area contributed by atoms with E-state index in [-0.39, 0.29) is 0 Å². The van der Waals surface area contributed by atoms with E-state index in [9.17, 15) is 10.2 Å². The zero-order valence-corrected chi connectivity index (χ0v) is 8.93. The zero-order valence-electron chi connectivity index (χ0n) is 8.93. The van der Waals surface area contributed by atoms with E-state index in [0.717, 1.165) is 11.1 Å². The van der Waals surface area contributed by atoms with E-state index < -0.39 is 0 Å². The summed E-state index contributed by atoms with van der Waals surface area (Å²) in [7, 11) is 0. The van der Waals surface area contributed by atoms with E-state index >= 15 is 0 Å². The summed E-state index contributed by atoms with van der Waals surface area (Å²) in [5, 5.41) is 19.5. The predicted octanol–water partition coefficient (Wildman–Crippen LogP) is 3.64. The first-order chi connectivity index (χ1) is 7.77. The average molecular weight is 214 g/mol. The van der Waals surface area contributed by atoms with Crippen LogP contribution < -0.4 is 0 Å². The van der Waals surface area contributed by atoms with Crippen LogP contribution in [0.1, 0.15) is 12.8 Å². The lowest BCUT2D eigenvalue weighted by Crippen LogP contribution is -1.91. The van der Waals surface area contributed by atoms with Crippen LogP contribution in [0, 0.1) is 0 Å². The maximum atomic E-state index is 9.75. The van der Waals surface area contributed by atoms with Gasteiger partial charge in [-0.2, -0.15) is 0 Å². The van der Waals surface area contributed by atoms with Crippen LogP contribution in [0.3, 0.4) is 0 Å². The second kappa shape index (κ2) is 4.71. The topological polar surface area (TPSA) is 40.5 Å². The van der Waals surface area contributed by atoms with Gasteiger partial charge in [-0.15, -0.1) is 0 Å². The summed E-state index contributed by atoms with van der Waals surface area (Å²) in [6, 6.07) is 0. The van der Waals surface area contributed by atoms with Crippen molar-refractivity contribution in [2.75, 3.05) is 0 Å². The molecule has 0 aromatic carbocycles. The minimum absolute atomic E-state index is 0.322. The molecular weight excluding hydrogens is 200 g/mol. The molecule has 0 bridgehead atoms. The van der Waals surface area contributed by atoms with Crippen LogP contribution in [-0.4, -0.2) is 10.2 Å². The van der Waals surface area contributed by atoms with Crippen molar-refractivity contribution >= 4 is 0 Å². The summed E-state index contributed by atoms with van der Waals surface area (Å²) in [5.41, 5.74) is 1.66. The SMILES string of the molecule is OC(CCC(O)=C1C=CC=C1)=C1C=CC=C1. The van der Waals surface area contributed by atoms with Gasteiger partial charge in [0.2, 0.25) is 0 Å². The van der Waals surface area contributed by atoms with Crippen molar-refractivity contribution in [1.29, 1.82) is 0 Å². The predicted molar refractivity (Wildman–Crippen MR) is 65.1 cm³/mol. The maximum Gasteiger partial charge on any atom is 0.0999 e. The zero-order chi connectivity index (χ0) is 11.4. The first-order valence-electron chi connectivity index (χ1n) is 5.31. The molecule has 0 unspecified atom stereocenters. The molecule has 2 N–H and O–H groups in total. The molecule has 2 aliphatic rings. The summed E-state index contributed by atoms with van der Waals surface area (Å²) in [5.74, 6) is 0.645. The Morgan fingerprint density at radius 2 is 1.00 bits per heavy atom. The second-order valence-electron chi connectivity index (χ2n) is 3.74. The lowest BCUT2D eigenvalue weighted by Gasteiger charge is -2.04. The van der Waals surface area contributed by atoms with Crippen LogP contribution in [-0.2, 0) is 0 Å². The quantitative estimate of drug-likeness (QED) is 0.704. The molecule has 0 amide bonds. The Hall–Kier alpha value is -1.96. The Kier molecular flexibility index (Phi) is 3.10. The van der Waals surface area contributed by atoms with Gasteiger partial charge in [-0.1, -0.05) is 48.6 Å². The molecule has 2 nitrogen and oxygen atoms in total. The highest BCUT2D eigenvalue weighted by Crippen LogP contribution is 2.20. The monoisotopic (exact) mass is 214 g/mol. The van der Waals surface area contributed by atoms with Crippen molar-refractivity contribution in [3.8, 4) is 0 Å². The molecule has 0 fully saturated rings. The van der Waals surface area contributed by atoms with E-state index in [1.54, 1.807) is 0 Å². The molecule has 0 heterocycles. The van der Waals surface area contributed by atoms with Crippen LogP contribution in [0.5, 0.6) is 0 Å². The Morgan fingerprint density at radius 3 is 1.31 bits per heavy atom. The first kappa shape index (κ1) is 10.6. The fourth-order valence-corrected chi connectivity index (χ4v) is 1.66. The second-order valence-corrected chi connectivity index (χ2v) is 3.74. The number of aliphatic hydroxyl groups excluding tert-OH is 2. The standard InChI is InChI=1S/C14H14O2/c15-13(11-5-1-2-6-11)9-10-14(16)12-7-3-4-8-12/h1-8,15-16H,9-10H2. The number of rotatable bonds is 3. The van der Waals surface area contributed by atoms with Crippen molar-refractivity contribution < 1.29 is 10.2 Å². The van der Waals surface area contributed by atoms with Gasteiger partial charge < -0.3 is 10.2 Å². The van der Waals surface area contributed by atoms with Gasteiger partial charge in [0, 0.05) is 24.0 Å². The molecule has 0 aliphatic heterocycles. The number of hydrogen-bond acceptors (Lipinski definition) is 2. The number of hydrogen-bond donors (Lipinski definition) is 2. The van der Waals surface area contributed by atoms with Crippen LogP contribution in [0.4, 0.5) is 0 Å². The van der Waals surface area contributed by atoms with Crippen LogP contribution in [0.15, 0.2) is 71.3 Å². The summed E-state index contributed by atoms with van der Waals surface area (Å²) in [6.07, 6.45) is 15.9. The molecule has 0 aromatic rings. The molecule has 2 aliphatic carbocycles. The molecule has 0 saturated heterocycles. The minimum Gasteiger partial charge on any atom is -0.512 e. The average Bonchev–Trinajstić information content (AvgIpc) is 2.95. The lowest BCUT2D eigenvalue weighted by atomic mass is 10.1. The highest BCUT2D eigenvalue weighted by atomic mass is 16.3. The van der Waals surface area contributed by atoms with Gasteiger partial charge in [-0.25, -0.2) is 0 Å². The first-order valence-corrected chi connectivity index (χ1v) is 5.31. The number of allylic oxidation sites excluding steroid dienone is 12. The molecule has 0 spiro atoms. The van der Waals surface area contributed by atoms with Gasteiger partial charge in [-0.3, -0.25) is 0 Å². The molecule has 0 atom stereocenters. The van der Waals surface area contributed by atoms with Crippen molar-refractivity contribution in [2.45, 2.75) is 12.8 Å². The summed E-state index contributed by atoms with van der Waals surface area (Å²) >= 11 is 0. The van der Waals surface area contributed by atoms with Gasteiger partial charge >= 0.3 is 0 Å². The minimum atomic E-state index is 0.322. The van der Waals surface area contributed by atoms with E-state index in [4.69, 9.17) is 0 Å². The summed E-state index contributed by atoms with van der Waals surface area (Å²) in [6.45, 7) is 0. The summed E-state index contributed by atoms with van der Waals surface area (Å²) < 4.78 is 0. The van der Waals surface area contributed by atoms with E-state index in [1.807, 2.05) is 48.6 Å². The molecular formula is C14H14O2. The molecule has 2 rings (SSSR count). The van der Waals surface area contributed by atoms with E-state index in [2.05, 4.69) is 0 Å². The van der Waals surface area contributed by atoms with Crippen LogP contribution in [0.2, 0.25) is 0 Å². The van der Waals surface area contributed by atoms with Gasteiger partial charge in [-0.05, 0) is 0 Å². The Morgan fingerprint density at radius 1 is 0.688 bits per heavy atom. The Labute approximate surface area is 94.9 Å². The normalized spacial score (nSPS) is 16.5. The molecule has 2 heteroatoms. The van der Waals surface area contributed by atoms with Crippen LogP contribution >= 0.6 is 0 Å². The highest BCUT2D eigenvalue weighted by Gasteiger charge is 2.06. The molecule has 0 saturated carbocycles. The molecule has 0 aromatic heterocycles. The number of aliphatic hydroxyl groups is 2. The lowest BCUT2D eigenvalue weighted by molar-refractivity contribution is 0.348. The Bertz CT molecular complexity index is 385.